The maximum Gasteiger partial charge on any atom is 0.246 e. The molecule has 2 saturated heterocycles. The van der Waals surface area contributed by atoms with E-state index in [1.165, 1.54) is 0 Å². The second-order valence-corrected chi connectivity index (χ2v) is 6.57. The molecule has 2 unspecified atom stereocenters. The van der Waals surface area contributed by atoms with Gasteiger partial charge in [0.15, 0.2) is 0 Å². The minimum absolute atomic E-state index is 0.01000. The largest absolute Gasteiger partial charge is 0.372 e. The van der Waals surface area contributed by atoms with Crippen molar-refractivity contribution < 1.29 is 14.3 Å². The van der Waals surface area contributed by atoms with Crippen LogP contribution in [0.15, 0.2) is 30.3 Å². The van der Waals surface area contributed by atoms with Gasteiger partial charge in [0, 0.05) is 37.8 Å². The van der Waals surface area contributed by atoms with Gasteiger partial charge < -0.3 is 14.5 Å². The summed E-state index contributed by atoms with van der Waals surface area (Å²) in [6, 6.07) is 7.75. The van der Waals surface area contributed by atoms with Crippen LogP contribution in [-0.4, -0.2) is 48.6 Å². The van der Waals surface area contributed by atoms with E-state index in [0.29, 0.717) is 19.5 Å². The van der Waals surface area contributed by atoms with Crippen molar-refractivity contribution in [1.82, 2.24) is 4.90 Å². The highest BCUT2D eigenvalue weighted by Crippen LogP contribution is 2.22. The molecule has 128 valence electrons. The second-order valence-electron chi connectivity index (χ2n) is 6.57. The molecule has 0 aliphatic carbocycles. The normalized spacial score (nSPS) is 24.8. The van der Waals surface area contributed by atoms with Crippen molar-refractivity contribution in [3.8, 4) is 0 Å². The molecule has 1 aromatic rings. The number of anilines is 1. The summed E-state index contributed by atoms with van der Waals surface area (Å²) in [7, 11) is 0. The average Bonchev–Trinajstić information content (AvgIpc) is 2.98. The van der Waals surface area contributed by atoms with Crippen LogP contribution in [0.1, 0.15) is 32.3 Å². The first-order valence-electron chi connectivity index (χ1n) is 8.56. The number of amides is 2. The lowest BCUT2D eigenvalue weighted by atomic mass is 10.1. The molecular formula is C19H24N2O3. The molecule has 5 nitrogen and oxygen atoms in total. The van der Waals surface area contributed by atoms with Gasteiger partial charge in [-0.15, -0.1) is 0 Å². The molecule has 2 aliphatic rings. The summed E-state index contributed by atoms with van der Waals surface area (Å²) in [6.07, 6.45) is 5.13. The molecule has 2 atom stereocenters. The zero-order valence-electron chi connectivity index (χ0n) is 14.3. The van der Waals surface area contributed by atoms with Crippen molar-refractivity contribution >= 4 is 23.6 Å². The van der Waals surface area contributed by atoms with Gasteiger partial charge in [0.25, 0.3) is 0 Å². The third-order valence-corrected chi connectivity index (χ3v) is 4.43. The Balaban J connectivity index is 1.62. The van der Waals surface area contributed by atoms with Gasteiger partial charge in [-0.2, -0.15) is 0 Å². The predicted octanol–water partition coefficient (Wildman–Crippen LogP) is 2.46. The summed E-state index contributed by atoms with van der Waals surface area (Å²) < 4.78 is 5.65. The summed E-state index contributed by atoms with van der Waals surface area (Å²) in [5, 5.41) is 0. The van der Waals surface area contributed by atoms with Gasteiger partial charge in [-0.05, 0) is 44.0 Å². The Kier molecular flexibility index (Phi) is 5.00. The third-order valence-electron chi connectivity index (χ3n) is 4.43. The lowest BCUT2D eigenvalue weighted by Gasteiger charge is -2.34. The van der Waals surface area contributed by atoms with E-state index in [4.69, 9.17) is 4.74 Å². The van der Waals surface area contributed by atoms with Crippen molar-refractivity contribution in [3.05, 3.63) is 35.9 Å². The molecular weight excluding hydrogens is 304 g/mol. The minimum Gasteiger partial charge on any atom is -0.372 e. The van der Waals surface area contributed by atoms with Gasteiger partial charge in [-0.3, -0.25) is 9.59 Å². The third kappa shape index (κ3) is 3.85. The molecule has 1 aromatic carbocycles. The fraction of sp³-hybridized carbons (Fsp3) is 0.474. The summed E-state index contributed by atoms with van der Waals surface area (Å²) >= 11 is 0. The molecule has 2 aliphatic heterocycles. The fourth-order valence-electron chi connectivity index (χ4n) is 3.32. The summed E-state index contributed by atoms with van der Waals surface area (Å²) in [5.74, 6) is 0.194. The summed E-state index contributed by atoms with van der Waals surface area (Å²) in [4.78, 5) is 27.7. The molecule has 0 aromatic heterocycles. The molecule has 0 saturated carbocycles. The lowest BCUT2D eigenvalue weighted by Crippen LogP contribution is -2.47. The number of carbonyl (C=O) groups excluding carboxylic acids is 2. The average molecular weight is 328 g/mol. The van der Waals surface area contributed by atoms with Gasteiger partial charge in [0.1, 0.15) is 0 Å². The SMILES string of the molecule is CC1CN(C(=O)C=Cc2ccc(N3CCCC3=O)cc2)CC(C)O1. The van der Waals surface area contributed by atoms with Gasteiger partial charge in [0.05, 0.1) is 12.2 Å². The molecule has 5 heteroatoms. The minimum atomic E-state index is 0.01000. The Hall–Kier alpha value is -2.14. The van der Waals surface area contributed by atoms with Crippen LogP contribution in [0.4, 0.5) is 5.69 Å². The molecule has 2 amide bonds. The number of ether oxygens (including phenoxy) is 1. The Bertz CT molecular complexity index is 629. The van der Waals surface area contributed by atoms with Gasteiger partial charge in [-0.1, -0.05) is 12.1 Å². The van der Waals surface area contributed by atoms with Crippen molar-refractivity contribution in [2.45, 2.75) is 38.9 Å². The van der Waals surface area contributed by atoms with Crippen LogP contribution >= 0.6 is 0 Å². The van der Waals surface area contributed by atoms with E-state index >= 15 is 0 Å². The van der Waals surface area contributed by atoms with E-state index in [-0.39, 0.29) is 24.0 Å². The zero-order chi connectivity index (χ0) is 17.1. The Labute approximate surface area is 142 Å². The molecule has 0 radical (unpaired) electrons. The van der Waals surface area contributed by atoms with E-state index in [1.54, 1.807) is 6.08 Å². The van der Waals surface area contributed by atoms with Crippen LogP contribution in [0.5, 0.6) is 0 Å². The summed E-state index contributed by atoms with van der Waals surface area (Å²) in [6.45, 7) is 6.02. The second kappa shape index (κ2) is 7.18. The highest BCUT2D eigenvalue weighted by atomic mass is 16.5. The summed E-state index contributed by atoms with van der Waals surface area (Å²) in [5.41, 5.74) is 1.88. The Morgan fingerprint density at radius 1 is 1.17 bits per heavy atom. The number of hydrogen-bond acceptors (Lipinski definition) is 3. The Morgan fingerprint density at radius 2 is 1.83 bits per heavy atom. The molecule has 0 N–H and O–H groups in total. The highest BCUT2D eigenvalue weighted by Gasteiger charge is 2.24. The molecule has 24 heavy (non-hydrogen) atoms. The topological polar surface area (TPSA) is 49.9 Å². The van der Waals surface area contributed by atoms with E-state index < -0.39 is 0 Å². The van der Waals surface area contributed by atoms with E-state index in [1.807, 2.05) is 54.0 Å². The van der Waals surface area contributed by atoms with Gasteiger partial charge in [0.2, 0.25) is 11.8 Å². The predicted molar refractivity (Wildman–Crippen MR) is 93.7 cm³/mol. The van der Waals surface area contributed by atoms with Gasteiger partial charge in [-0.25, -0.2) is 0 Å². The van der Waals surface area contributed by atoms with E-state index in [0.717, 1.165) is 24.2 Å². The van der Waals surface area contributed by atoms with E-state index in [9.17, 15) is 9.59 Å². The molecule has 3 rings (SSSR count). The van der Waals surface area contributed by atoms with Crippen LogP contribution in [0.3, 0.4) is 0 Å². The van der Waals surface area contributed by atoms with Crippen molar-refractivity contribution in [2.75, 3.05) is 24.5 Å². The molecule has 2 fully saturated rings. The molecule has 2 heterocycles. The zero-order valence-corrected chi connectivity index (χ0v) is 14.3. The first kappa shape index (κ1) is 16.7. The molecule has 0 bridgehead atoms. The van der Waals surface area contributed by atoms with Crippen LogP contribution in [0.25, 0.3) is 6.08 Å². The van der Waals surface area contributed by atoms with Crippen LogP contribution in [0, 0.1) is 0 Å². The lowest BCUT2D eigenvalue weighted by molar-refractivity contribution is -0.137. The number of benzene rings is 1. The van der Waals surface area contributed by atoms with Gasteiger partial charge >= 0.3 is 0 Å². The number of nitrogens with zero attached hydrogens (tertiary/aromatic N) is 2. The maximum absolute atomic E-state index is 12.3. The Morgan fingerprint density at radius 3 is 2.42 bits per heavy atom. The maximum atomic E-state index is 12.3. The van der Waals surface area contributed by atoms with Crippen molar-refractivity contribution in [2.24, 2.45) is 0 Å². The highest BCUT2D eigenvalue weighted by molar-refractivity contribution is 5.95. The standard InChI is InChI=1S/C19H24N2O3/c1-14-12-20(13-15(2)24-14)18(22)10-7-16-5-8-17(9-6-16)21-11-3-4-19(21)23/h5-10,14-15H,3-4,11-13H2,1-2H3. The van der Waals surface area contributed by atoms with E-state index in [2.05, 4.69) is 0 Å². The first-order valence-corrected chi connectivity index (χ1v) is 8.56. The quantitative estimate of drug-likeness (QED) is 0.801. The number of carbonyl (C=O) groups is 2. The number of morpholine rings is 1. The van der Waals surface area contributed by atoms with Crippen LogP contribution < -0.4 is 4.90 Å². The monoisotopic (exact) mass is 328 g/mol. The fourth-order valence-corrected chi connectivity index (χ4v) is 3.32. The van der Waals surface area contributed by atoms with Crippen molar-refractivity contribution in [3.63, 3.8) is 0 Å². The molecule has 0 spiro atoms. The van der Waals surface area contributed by atoms with Crippen LogP contribution in [-0.2, 0) is 14.3 Å². The first-order chi connectivity index (χ1) is 11.5. The number of rotatable bonds is 3. The van der Waals surface area contributed by atoms with Crippen molar-refractivity contribution in [1.29, 1.82) is 0 Å². The van der Waals surface area contributed by atoms with Crippen LogP contribution in [0.2, 0.25) is 0 Å². The number of hydrogen-bond donors (Lipinski definition) is 0. The smallest absolute Gasteiger partial charge is 0.246 e.